The summed E-state index contributed by atoms with van der Waals surface area (Å²) in [5.41, 5.74) is -4.77. The quantitative estimate of drug-likeness (QED) is 0.453. The first-order chi connectivity index (χ1) is 9.34. The Morgan fingerprint density at radius 1 is 1.50 bits per heavy atom. The largest absolute Gasteiger partial charge is 0.462 e. The Hall–Kier alpha value is -1.20. The average molecular weight is 368 g/mol. The molecule has 0 unspecified atom stereocenters. The van der Waals surface area contributed by atoms with E-state index in [-0.39, 0.29) is 33.5 Å². The number of esters is 1. The van der Waals surface area contributed by atoms with Gasteiger partial charge in [-0.2, -0.15) is 18.4 Å². The van der Waals surface area contributed by atoms with Crippen LogP contribution >= 0.6 is 27.7 Å². The Balaban J connectivity index is 3.49. The first-order valence-electron chi connectivity index (χ1n) is 5.38. The molecular formula is C12H9BrF3NO2S. The molecule has 0 aliphatic rings. The lowest BCUT2D eigenvalue weighted by molar-refractivity contribution is -0.0328. The molecule has 0 aromatic heterocycles. The molecule has 0 aliphatic carbocycles. The van der Waals surface area contributed by atoms with Crippen LogP contribution in [-0.4, -0.2) is 18.1 Å². The van der Waals surface area contributed by atoms with Gasteiger partial charge in [0.05, 0.1) is 17.7 Å². The number of ether oxygens (including phenoxy) is 1. The molecule has 108 valence electrons. The van der Waals surface area contributed by atoms with Crippen molar-refractivity contribution in [1.82, 2.24) is 0 Å². The topological polar surface area (TPSA) is 50.1 Å². The molecule has 0 fully saturated rings. The van der Waals surface area contributed by atoms with Crippen molar-refractivity contribution >= 4 is 33.7 Å². The van der Waals surface area contributed by atoms with Gasteiger partial charge in [-0.25, -0.2) is 4.79 Å². The zero-order chi connectivity index (χ0) is 15.3. The second-order valence-electron chi connectivity index (χ2n) is 3.49. The van der Waals surface area contributed by atoms with E-state index in [4.69, 9.17) is 10.00 Å². The molecule has 1 rings (SSSR count). The highest BCUT2D eigenvalue weighted by molar-refractivity contribution is 9.08. The van der Waals surface area contributed by atoms with Gasteiger partial charge in [-0.3, -0.25) is 0 Å². The summed E-state index contributed by atoms with van der Waals surface area (Å²) in [7, 11) is 0. The molecule has 0 saturated heterocycles. The van der Waals surface area contributed by atoms with Gasteiger partial charge in [-0.05, 0) is 30.3 Å². The number of nitrogens with zero attached hydrogens (tertiary/aromatic N) is 1. The van der Waals surface area contributed by atoms with E-state index in [1.54, 1.807) is 6.07 Å². The standard InChI is InChI=1S/C12H9BrF3NO2S/c1-2-19-11(18)9-8(6-17)4-3-7(5-13)10(9)20-12(14,15)16/h3-4H,2,5H2,1H3. The highest BCUT2D eigenvalue weighted by Gasteiger charge is 2.34. The Kier molecular flexibility index (Phi) is 5.89. The minimum Gasteiger partial charge on any atom is -0.462 e. The molecule has 0 spiro atoms. The number of benzene rings is 1. The Bertz CT molecular complexity index is 555. The lowest BCUT2D eigenvalue weighted by atomic mass is 10.1. The molecular weight excluding hydrogens is 359 g/mol. The summed E-state index contributed by atoms with van der Waals surface area (Å²) in [6.07, 6.45) is 0. The van der Waals surface area contributed by atoms with Crippen LogP contribution in [-0.2, 0) is 10.1 Å². The second-order valence-corrected chi connectivity index (χ2v) is 5.13. The highest BCUT2D eigenvalue weighted by atomic mass is 79.9. The average Bonchev–Trinajstić information content (AvgIpc) is 2.36. The maximum absolute atomic E-state index is 12.6. The molecule has 1 aromatic carbocycles. The minimum atomic E-state index is -4.56. The van der Waals surface area contributed by atoms with Gasteiger partial charge in [-0.15, -0.1) is 0 Å². The second kappa shape index (κ2) is 6.99. The summed E-state index contributed by atoms with van der Waals surface area (Å²) in [5, 5.41) is 9.09. The molecule has 0 saturated carbocycles. The van der Waals surface area contributed by atoms with Crippen molar-refractivity contribution in [3.8, 4) is 6.07 Å². The van der Waals surface area contributed by atoms with Gasteiger partial charge in [-0.1, -0.05) is 22.0 Å². The van der Waals surface area contributed by atoms with Crippen LogP contribution in [0, 0.1) is 11.3 Å². The molecule has 0 amide bonds. The summed E-state index contributed by atoms with van der Waals surface area (Å²) < 4.78 is 42.6. The third kappa shape index (κ3) is 4.15. The van der Waals surface area contributed by atoms with Crippen molar-refractivity contribution in [2.24, 2.45) is 0 Å². The molecule has 8 heteroatoms. The Labute approximate surface area is 126 Å². The minimum absolute atomic E-state index is 0.0123. The fraction of sp³-hybridized carbons (Fsp3) is 0.333. The third-order valence-corrected chi connectivity index (χ3v) is 3.71. The zero-order valence-corrected chi connectivity index (χ0v) is 12.7. The maximum atomic E-state index is 12.6. The summed E-state index contributed by atoms with van der Waals surface area (Å²) in [4.78, 5) is 11.5. The van der Waals surface area contributed by atoms with Crippen molar-refractivity contribution in [2.45, 2.75) is 22.7 Å². The number of rotatable bonds is 4. The van der Waals surface area contributed by atoms with Crippen molar-refractivity contribution in [3.63, 3.8) is 0 Å². The van der Waals surface area contributed by atoms with Crippen LogP contribution in [0.3, 0.4) is 0 Å². The van der Waals surface area contributed by atoms with Gasteiger partial charge in [0.15, 0.2) is 0 Å². The first-order valence-corrected chi connectivity index (χ1v) is 7.32. The van der Waals surface area contributed by atoms with Crippen molar-refractivity contribution in [2.75, 3.05) is 6.61 Å². The highest BCUT2D eigenvalue weighted by Crippen LogP contribution is 2.42. The summed E-state index contributed by atoms with van der Waals surface area (Å²) in [5.74, 6) is -0.932. The number of halogens is 4. The van der Waals surface area contributed by atoms with Crippen LogP contribution in [0.1, 0.15) is 28.4 Å². The summed E-state index contributed by atoms with van der Waals surface area (Å²) in [6, 6.07) is 4.40. The van der Waals surface area contributed by atoms with Crippen LogP contribution in [0.25, 0.3) is 0 Å². The third-order valence-electron chi connectivity index (χ3n) is 2.20. The normalized spacial score (nSPS) is 11.0. The number of carbonyl (C=O) groups excluding carboxylic acids is 1. The number of thioether (sulfide) groups is 1. The molecule has 0 bridgehead atoms. The van der Waals surface area contributed by atoms with Gasteiger partial charge in [0, 0.05) is 10.2 Å². The number of alkyl halides is 4. The summed E-state index contributed by atoms with van der Waals surface area (Å²) in [6.45, 7) is 1.55. The molecule has 1 aromatic rings. The van der Waals surface area contributed by atoms with Crippen LogP contribution in [0.15, 0.2) is 17.0 Å². The first kappa shape index (κ1) is 16.9. The molecule has 0 heterocycles. The van der Waals surface area contributed by atoms with Crippen LogP contribution in [0.5, 0.6) is 0 Å². The van der Waals surface area contributed by atoms with E-state index in [0.29, 0.717) is 0 Å². The zero-order valence-electron chi connectivity index (χ0n) is 10.3. The van der Waals surface area contributed by atoms with Gasteiger partial charge in [0.1, 0.15) is 6.07 Å². The van der Waals surface area contributed by atoms with Gasteiger partial charge in [0.25, 0.3) is 0 Å². The number of hydrogen-bond donors (Lipinski definition) is 0. The summed E-state index contributed by atoms with van der Waals surface area (Å²) >= 11 is 2.65. The number of hydrogen-bond acceptors (Lipinski definition) is 4. The van der Waals surface area contributed by atoms with Gasteiger partial charge >= 0.3 is 11.5 Å². The molecule has 20 heavy (non-hydrogen) atoms. The van der Waals surface area contributed by atoms with E-state index in [0.717, 1.165) is 0 Å². The van der Waals surface area contributed by atoms with Crippen molar-refractivity contribution < 1.29 is 22.7 Å². The predicted molar refractivity (Wildman–Crippen MR) is 71.7 cm³/mol. The molecule has 3 nitrogen and oxygen atoms in total. The smallest absolute Gasteiger partial charge is 0.446 e. The SMILES string of the molecule is CCOC(=O)c1c(C#N)ccc(CBr)c1SC(F)(F)F. The van der Waals surface area contributed by atoms with Crippen LogP contribution in [0.2, 0.25) is 0 Å². The Morgan fingerprint density at radius 3 is 2.60 bits per heavy atom. The fourth-order valence-corrected chi connectivity index (χ4v) is 2.91. The lowest BCUT2D eigenvalue weighted by Gasteiger charge is -2.15. The van der Waals surface area contributed by atoms with E-state index in [1.807, 2.05) is 0 Å². The van der Waals surface area contributed by atoms with Crippen LogP contribution in [0.4, 0.5) is 13.2 Å². The predicted octanol–water partition coefficient (Wildman–Crippen LogP) is 4.24. The molecule has 0 radical (unpaired) electrons. The van der Waals surface area contributed by atoms with Crippen molar-refractivity contribution in [1.29, 1.82) is 5.26 Å². The molecule has 0 aliphatic heterocycles. The molecule has 0 atom stereocenters. The molecule has 0 N–H and O–H groups in total. The van der Waals surface area contributed by atoms with E-state index in [1.165, 1.54) is 19.1 Å². The van der Waals surface area contributed by atoms with Gasteiger partial charge < -0.3 is 4.74 Å². The number of carbonyl (C=O) groups is 1. The van der Waals surface area contributed by atoms with Gasteiger partial charge in [0.2, 0.25) is 0 Å². The monoisotopic (exact) mass is 367 g/mol. The van der Waals surface area contributed by atoms with E-state index in [2.05, 4.69) is 15.9 Å². The Morgan fingerprint density at radius 2 is 2.15 bits per heavy atom. The maximum Gasteiger partial charge on any atom is 0.446 e. The van der Waals surface area contributed by atoms with E-state index >= 15 is 0 Å². The lowest BCUT2D eigenvalue weighted by Crippen LogP contribution is -2.12. The van der Waals surface area contributed by atoms with Crippen LogP contribution < -0.4 is 0 Å². The fourth-order valence-electron chi connectivity index (χ4n) is 1.46. The van der Waals surface area contributed by atoms with Crippen molar-refractivity contribution in [3.05, 3.63) is 28.8 Å². The van der Waals surface area contributed by atoms with E-state index < -0.39 is 23.2 Å². The number of nitriles is 1. The van der Waals surface area contributed by atoms with E-state index in [9.17, 15) is 18.0 Å².